The largest absolute Gasteiger partial charge is 0.358 e. The van der Waals surface area contributed by atoms with Crippen LogP contribution in [0.1, 0.15) is 24.1 Å². The van der Waals surface area contributed by atoms with Crippen LogP contribution in [0.25, 0.3) is 22.6 Å². The predicted octanol–water partition coefficient (Wildman–Crippen LogP) is 2.93. The molecule has 152 valence electrons. The fraction of sp³-hybridized carbons (Fsp3) is 0.280. The Morgan fingerprint density at radius 1 is 1.20 bits per heavy atom. The van der Waals surface area contributed by atoms with Crippen molar-refractivity contribution in [3.63, 3.8) is 0 Å². The Labute approximate surface area is 181 Å². The topological polar surface area (TPSA) is 48.1 Å². The molecule has 0 saturated carbocycles. The number of amides is 1. The fourth-order valence-electron chi connectivity index (χ4n) is 4.72. The van der Waals surface area contributed by atoms with Gasteiger partial charge in [-0.25, -0.2) is 0 Å². The van der Waals surface area contributed by atoms with Gasteiger partial charge >= 0.3 is 0 Å². The van der Waals surface area contributed by atoms with E-state index in [-0.39, 0.29) is 5.91 Å². The molecule has 2 aliphatic carbocycles. The predicted molar refractivity (Wildman–Crippen MR) is 127 cm³/mol. The molecule has 0 aliphatic heterocycles. The zero-order chi connectivity index (χ0) is 20.8. The Morgan fingerprint density at radius 2 is 2.03 bits per heavy atom. The molecule has 30 heavy (non-hydrogen) atoms. The molecule has 5 rings (SSSR count). The summed E-state index contributed by atoms with van der Waals surface area (Å²) in [6.45, 7) is 0. The van der Waals surface area contributed by atoms with Gasteiger partial charge in [-0.3, -0.25) is 4.79 Å². The van der Waals surface area contributed by atoms with E-state index in [4.69, 9.17) is 12.2 Å². The molecule has 2 aliphatic rings. The first kappa shape index (κ1) is 19.2. The first-order chi connectivity index (χ1) is 14.5. The number of aryl methyl sites for hydroxylation is 1. The van der Waals surface area contributed by atoms with Gasteiger partial charge in [-0.2, -0.15) is 0 Å². The highest BCUT2D eigenvalue weighted by molar-refractivity contribution is 7.81. The van der Waals surface area contributed by atoms with Crippen LogP contribution in [0.5, 0.6) is 0 Å². The second-order valence-electron chi connectivity index (χ2n) is 8.45. The summed E-state index contributed by atoms with van der Waals surface area (Å²) < 4.78 is 0. The number of hydrogen-bond donors (Lipinski definition) is 2. The molecular weight excluding hydrogens is 390 g/mol. The minimum absolute atomic E-state index is 0.129. The smallest absolute Gasteiger partial charge is 0.257 e. The van der Waals surface area contributed by atoms with Crippen molar-refractivity contribution in [3.8, 4) is 0 Å². The molecule has 4 nitrogen and oxygen atoms in total. The number of fused-ring (bicyclic) bond motifs is 4. The summed E-state index contributed by atoms with van der Waals surface area (Å²) in [7, 11) is 4.30. The number of carbonyl (C=O) groups excluding carboxylic acids is 1. The zero-order valence-corrected chi connectivity index (χ0v) is 18.1. The van der Waals surface area contributed by atoms with Gasteiger partial charge in [0.25, 0.3) is 5.91 Å². The Kier molecular flexibility index (Phi) is 4.80. The molecule has 1 aromatic heterocycles. The number of hydrogen-bond acceptors (Lipinski definition) is 3. The van der Waals surface area contributed by atoms with Crippen LogP contribution in [-0.4, -0.2) is 40.8 Å². The lowest BCUT2D eigenvalue weighted by atomic mass is 9.91. The Morgan fingerprint density at radius 3 is 2.87 bits per heavy atom. The highest BCUT2D eigenvalue weighted by atomic mass is 32.1. The summed E-state index contributed by atoms with van der Waals surface area (Å²) in [5.74, 6) is -0.129. The van der Waals surface area contributed by atoms with Crippen molar-refractivity contribution in [2.24, 2.45) is 0 Å². The van der Waals surface area contributed by atoms with Gasteiger partial charge in [-0.15, -0.1) is 0 Å². The highest BCUT2D eigenvalue weighted by Gasteiger charge is 2.24. The van der Waals surface area contributed by atoms with Crippen LogP contribution in [0, 0.1) is 0 Å². The number of carbonyl (C=O) groups is 1. The number of likely N-dealkylation sites (N-methyl/N-ethyl adjacent to an activating group) is 1. The summed E-state index contributed by atoms with van der Waals surface area (Å²) in [5, 5.41) is 6.30. The first-order valence-electron chi connectivity index (χ1n) is 10.5. The molecule has 2 aromatic carbocycles. The lowest BCUT2D eigenvalue weighted by molar-refractivity contribution is -0.111. The Balaban J connectivity index is 1.51. The molecule has 1 atom stereocenters. The van der Waals surface area contributed by atoms with Crippen LogP contribution in [-0.2, 0) is 17.6 Å². The van der Waals surface area contributed by atoms with Gasteiger partial charge in [0.15, 0.2) is 0 Å². The van der Waals surface area contributed by atoms with Crippen LogP contribution >= 0.6 is 12.2 Å². The summed E-state index contributed by atoms with van der Waals surface area (Å²) >= 11 is 5.54. The summed E-state index contributed by atoms with van der Waals surface area (Å²) in [4.78, 5) is 19.8. The molecule has 1 heterocycles. The SMILES string of the molecule is CN(C)C1CCc2[nH]c3ccc(NC(=O)C4=c5ccccc5=CCC4=S)cc3c2C1. The number of rotatable bonds is 3. The van der Waals surface area contributed by atoms with Crippen LogP contribution in [0.3, 0.4) is 0 Å². The Bertz CT molecular complexity index is 1300. The number of nitrogens with zero attached hydrogens (tertiary/aromatic N) is 1. The number of thiocarbonyl (C=S) groups is 1. The molecule has 0 fully saturated rings. The third-order valence-corrected chi connectivity index (χ3v) is 6.76. The minimum atomic E-state index is -0.129. The van der Waals surface area contributed by atoms with E-state index in [1.165, 1.54) is 23.1 Å². The van der Waals surface area contributed by atoms with Crippen molar-refractivity contribution < 1.29 is 4.79 Å². The second-order valence-corrected chi connectivity index (χ2v) is 8.94. The number of anilines is 1. The highest BCUT2D eigenvalue weighted by Crippen LogP contribution is 2.32. The van der Waals surface area contributed by atoms with E-state index >= 15 is 0 Å². The molecule has 0 radical (unpaired) electrons. The average molecular weight is 416 g/mol. The summed E-state index contributed by atoms with van der Waals surface area (Å²) in [6, 6.07) is 14.6. The van der Waals surface area contributed by atoms with E-state index in [2.05, 4.69) is 47.5 Å². The number of aromatic nitrogens is 1. The quantitative estimate of drug-likeness (QED) is 0.647. The van der Waals surface area contributed by atoms with Gasteiger partial charge in [0.1, 0.15) is 0 Å². The molecule has 2 N–H and O–H groups in total. The third kappa shape index (κ3) is 3.28. The molecule has 3 aromatic rings. The van der Waals surface area contributed by atoms with Crippen molar-refractivity contribution in [1.29, 1.82) is 0 Å². The van der Waals surface area contributed by atoms with Gasteiger partial charge in [0.05, 0.1) is 5.57 Å². The molecule has 5 heteroatoms. The Hall–Kier alpha value is -2.76. The molecule has 0 saturated heterocycles. The van der Waals surface area contributed by atoms with Gasteiger partial charge < -0.3 is 15.2 Å². The maximum absolute atomic E-state index is 13.2. The number of nitrogens with one attached hydrogen (secondary N) is 2. The van der Waals surface area contributed by atoms with Crippen molar-refractivity contribution in [1.82, 2.24) is 9.88 Å². The molecular formula is C25H25N3OS. The third-order valence-electron chi connectivity index (χ3n) is 6.39. The van der Waals surface area contributed by atoms with Crippen molar-refractivity contribution in [3.05, 3.63) is 64.2 Å². The van der Waals surface area contributed by atoms with Gasteiger partial charge in [0, 0.05) is 39.6 Å². The number of H-pyrrole nitrogens is 1. The zero-order valence-electron chi connectivity index (χ0n) is 17.3. The van der Waals surface area contributed by atoms with Crippen LogP contribution in [0.4, 0.5) is 5.69 Å². The van der Waals surface area contributed by atoms with Gasteiger partial charge in [-0.1, -0.05) is 42.6 Å². The summed E-state index contributed by atoms with van der Waals surface area (Å²) in [6.07, 6.45) is 5.99. The lowest BCUT2D eigenvalue weighted by Crippen LogP contribution is -2.37. The van der Waals surface area contributed by atoms with Crippen molar-refractivity contribution in [2.75, 3.05) is 19.4 Å². The van der Waals surface area contributed by atoms with E-state index in [1.807, 2.05) is 30.3 Å². The first-order valence-corrected chi connectivity index (χ1v) is 10.9. The van der Waals surface area contributed by atoms with Crippen LogP contribution in [0.15, 0.2) is 42.5 Å². The van der Waals surface area contributed by atoms with E-state index in [9.17, 15) is 4.79 Å². The van der Waals surface area contributed by atoms with E-state index in [0.29, 0.717) is 22.9 Å². The maximum Gasteiger partial charge on any atom is 0.257 e. The van der Waals surface area contributed by atoms with E-state index < -0.39 is 0 Å². The van der Waals surface area contributed by atoms with Gasteiger partial charge in [0.2, 0.25) is 0 Å². The minimum Gasteiger partial charge on any atom is -0.358 e. The second kappa shape index (κ2) is 7.49. The summed E-state index contributed by atoms with van der Waals surface area (Å²) in [5.41, 5.74) is 5.28. The van der Waals surface area contributed by atoms with Gasteiger partial charge in [-0.05, 0) is 67.6 Å². The van der Waals surface area contributed by atoms with Crippen LogP contribution < -0.4 is 15.8 Å². The van der Waals surface area contributed by atoms with Crippen molar-refractivity contribution in [2.45, 2.75) is 31.7 Å². The molecule has 0 bridgehead atoms. The maximum atomic E-state index is 13.2. The van der Waals surface area contributed by atoms with E-state index in [0.717, 1.165) is 34.5 Å². The van der Waals surface area contributed by atoms with Crippen molar-refractivity contribution >= 4 is 51.2 Å². The molecule has 1 amide bonds. The number of aromatic amines is 1. The monoisotopic (exact) mass is 415 g/mol. The normalized spacial score (nSPS) is 18.2. The van der Waals surface area contributed by atoms with E-state index in [1.54, 1.807) is 0 Å². The lowest BCUT2D eigenvalue weighted by Gasteiger charge is -2.28. The fourth-order valence-corrected chi connectivity index (χ4v) is 5.00. The average Bonchev–Trinajstić information content (AvgIpc) is 3.10. The molecule has 1 unspecified atom stereocenters. The number of benzene rings is 2. The molecule has 0 spiro atoms. The van der Waals surface area contributed by atoms with Crippen LogP contribution in [0.2, 0.25) is 0 Å². The standard InChI is InChI=1S/C25H25N3OS/c1-28(2)17-9-11-22-20(14-17)19-13-16(8-10-21(19)27-22)26-25(29)24-18-6-4-3-5-15(18)7-12-23(24)30/h3-8,10,13,17,27H,9,11-12,14H2,1-2H3,(H,26,29).